The van der Waals surface area contributed by atoms with Gasteiger partial charge < -0.3 is 4.90 Å². The number of likely N-dealkylation sites (tertiary alicyclic amines) is 1. The molecule has 0 radical (unpaired) electrons. The van der Waals surface area contributed by atoms with Gasteiger partial charge >= 0.3 is 0 Å². The molecule has 1 aliphatic carbocycles. The van der Waals surface area contributed by atoms with Crippen LogP contribution in [0.1, 0.15) is 36.4 Å². The topological polar surface area (TPSA) is 46.1 Å². The largest absolute Gasteiger partial charge is 0.341 e. The molecule has 0 bridgehead atoms. The lowest BCUT2D eigenvalue weighted by Crippen LogP contribution is -2.37. The Morgan fingerprint density at radius 1 is 1.22 bits per heavy atom. The number of carbonyl (C=O) groups excluding carboxylic acids is 1. The van der Waals surface area contributed by atoms with Crippen molar-refractivity contribution in [2.24, 2.45) is 0 Å². The summed E-state index contributed by atoms with van der Waals surface area (Å²) in [6.07, 6.45) is 8.03. The first-order valence-electron chi connectivity index (χ1n) is 8.00. The van der Waals surface area contributed by atoms with E-state index in [4.69, 9.17) is 11.6 Å². The first-order valence-corrected chi connectivity index (χ1v) is 8.38. The molecule has 2 aromatic rings. The zero-order valence-electron chi connectivity index (χ0n) is 12.8. The third-order valence-electron chi connectivity index (χ3n) is 5.03. The standard InChI is InChI=1S/C18H18ClN3O/c19-15-3-1-14(2-4-15)18(6-7-18)17(23)22-10-5-13(12-22)16-11-20-8-9-21-16/h1-4,8-9,11,13H,5-7,10,12H2. The summed E-state index contributed by atoms with van der Waals surface area (Å²) in [7, 11) is 0. The van der Waals surface area contributed by atoms with Gasteiger partial charge in [0.25, 0.3) is 0 Å². The Balaban J connectivity index is 1.51. The van der Waals surface area contributed by atoms with Crippen LogP contribution in [0.15, 0.2) is 42.9 Å². The maximum Gasteiger partial charge on any atom is 0.233 e. The second-order valence-corrected chi connectivity index (χ2v) is 6.89. The molecule has 1 saturated carbocycles. The maximum absolute atomic E-state index is 13.0. The van der Waals surface area contributed by atoms with Crippen LogP contribution in [0.3, 0.4) is 0 Å². The van der Waals surface area contributed by atoms with E-state index < -0.39 is 0 Å². The molecule has 23 heavy (non-hydrogen) atoms. The fraction of sp³-hybridized carbons (Fsp3) is 0.389. The molecule has 1 atom stereocenters. The van der Waals surface area contributed by atoms with Gasteiger partial charge in [-0.15, -0.1) is 0 Å². The lowest BCUT2D eigenvalue weighted by molar-refractivity contribution is -0.132. The van der Waals surface area contributed by atoms with Gasteiger partial charge in [0.1, 0.15) is 0 Å². The number of benzene rings is 1. The van der Waals surface area contributed by atoms with Crippen LogP contribution in [0, 0.1) is 0 Å². The van der Waals surface area contributed by atoms with E-state index in [1.54, 1.807) is 12.4 Å². The van der Waals surface area contributed by atoms with E-state index in [1.165, 1.54) is 0 Å². The highest BCUT2D eigenvalue weighted by atomic mass is 35.5. The molecule has 5 heteroatoms. The van der Waals surface area contributed by atoms with Gasteiger partial charge in [-0.05, 0) is 37.0 Å². The molecule has 1 aromatic carbocycles. The molecule has 118 valence electrons. The molecule has 1 saturated heterocycles. The lowest BCUT2D eigenvalue weighted by atomic mass is 9.94. The first-order chi connectivity index (χ1) is 11.2. The van der Waals surface area contributed by atoms with Gasteiger partial charge in [-0.3, -0.25) is 14.8 Å². The van der Waals surface area contributed by atoms with Gasteiger partial charge in [-0.2, -0.15) is 0 Å². The fourth-order valence-electron chi connectivity index (χ4n) is 3.53. The number of halogens is 1. The third-order valence-corrected chi connectivity index (χ3v) is 5.29. The third kappa shape index (κ3) is 2.61. The second kappa shape index (κ2) is 5.60. The average Bonchev–Trinajstić information content (AvgIpc) is 3.25. The summed E-state index contributed by atoms with van der Waals surface area (Å²) < 4.78 is 0. The number of hydrogen-bond acceptors (Lipinski definition) is 3. The van der Waals surface area contributed by atoms with Crippen molar-refractivity contribution in [2.45, 2.75) is 30.6 Å². The summed E-state index contributed by atoms with van der Waals surface area (Å²) in [4.78, 5) is 23.6. The van der Waals surface area contributed by atoms with E-state index in [1.807, 2.05) is 35.4 Å². The van der Waals surface area contributed by atoms with Crippen molar-refractivity contribution in [3.63, 3.8) is 0 Å². The zero-order valence-corrected chi connectivity index (χ0v) is 13.5. The lowest BCUT2D eigenvalue weighted by Gasteiger charge is -2.23. The molecule has 2 heterocycles. The summed E-state index contributed by atoms with van der Waals surface area (Å²) in [5.74, 6) is 0.555. The van der Waals surface area contributed by atoms with Crippen LogP contribution >= 0.6 is 11.6 Å². The van der Waals surface area contributed by atoms with Crippen molar-refractivity contribution < 1.29 is 4.79 Å². The number of carbonyl (C=O) groups is 1. The Morgan fingerprint density at radius 3 is 2.65 bits per heavy atom. The van der Waals surface area contributed by atoms with Crippen molar-refractivity contribution in [3.05, 3.63) is 59.1 Å². The van der Waals surface area contributed by atoms with Crippen molar-refractivity contribution in [1.29, 1.82) is 0 Å². The second-order valence-electron chi connectivity index (χ2n) is 6.46. The number of rotatable bonds is 3. The highest BCUT2D eigenvalue weighted by Crippen LogP contribution is 2.50. The monoisotopic (exact) mass is 327 g/mol. The Kier molecular flexibility index (Phi) is 3.57. The molecule has 4 nitrogen and oxygen atoms in total. The smallest absolute Gasteiger partial charge is 0.233 e. The molecule has 1 aliphatic heterocycles. The predicted octanol–water partition coefficient (Wildman–Crippen LogP) is 3.18. The van der Waals surface area contributed by atoms with Gasteiger partial charge in [0.2, 0.25) is 5.91 Å². The number of nitrogens with zero attached hydrogens (tertiary/aromatic N) is 3. The van der Waals surface area contributed by atoms with Crippen molar-refractivity contribution >= 4 is 17.5 Å². The van der Waals surface area contributed by atoms with Crippen LogP contribution in [0.25, 0.3) is 0 Å². The van der Waals surface area contributed by atoms with Crippen molar-refractivity contribution in [2.75, 3.05) is 13.1 Å². The molecular formula is C18H18ClN3O. The van der Waals surface area contributed by atoms with Crippen LogP contribution in [0.2, 0.25) is 5.02 Å². The highest BCUT2D eigenvalue weighted by molar-refractivity contribution is 6.30. The van der Waals surface area contributed by atoms with Gasteiger partial charge in [-0.1, -0.05) is 23.7 Å². The molecule has 0 N–H and O–H groups in total. The van der Waals surface area contributed by atoms with E-state index in [0.29, 0.717) is 10.9 Å². The number of amides is 1. The van der Waals surface area contributed by atoms with Crippen LogP contribution in [-0.4, -0.2) is 33.9 Å². The normalized spacial score (nSPS) is 22.1. The van der Waals surface area contributed by atoms with E-state index >= 15 is 0 Å². The molecule has 2 aliphatic rings. The molecule has 2 fully saturated rings. The highest BCUT2D eigenvalue weighted by Gasteiger charge is 2.53. The molecule has 1 amide bonds. The molecule has 0 spiro atoms. The summed E-state index contributed by atoms with van der Waals surface area (Å²) in [5.41, 5.74) is 1.76. The molecule has 4 rings (SSSR count). The Labute approximate surface area is 140 Å². The Morgan fingerprint density at radius 2 is 2.00 bits per heavy atom. The Hall–Kier alpha value is -1.94. The fourth-order valence-corrected chi connectivity index (χ4v) is 3.66. The zero-order chi connectivity index (χ0) is 15.9. The quantitative estimate of drug-likeness (QED) is 0.869. The first kappa shape index (κ1) is 14.6. The van der Waals surface area contributed by atoms with E-state index in [9.17, 15) is 4.79 Å². The van der Waals surface area contributed by atoms with E-state index in [-0.39, 0.29) is 11.3 Å². The van der Waals surface area contributed by atoms with Crippen molar-refractivity contribution in [1.82, 2.24) is 14.9 Å². The van der Waals surface area contributed by atoms with Crippen molar-refractivity contribution in [3.8, 4) is 0 Å². The summed E-state index contributed by atoms with van der Waals surface area (Å²) in [6, 6.07) is 7.72. The Bertz CT molecular complexity index is 713. The number of aromatic nitrogens is 2. The SMILES string of the molecule is O=C(N1CCC(c2cnccn2)C1)C1(c2ccc(Cl)cc2)CC1. The molecular weight excluding hydrogens is 310 g/mol. The maximum atomic E-state index is 13.0. The minimum Gasteiger partial charge on any atom is -0.341 e. The van der Waals surface area contributed by atoms with Crippen LogP contribution < -0.4 is 0 Å². The van der Waals surface area contributed by atoms with Gasteiger partial charge in [0.05, 0.1) is 11.1 Å². The van der Waals surface area contributed by atoms with Crippen LogP contribution in [0.4, 0.5) is 0 Å². The van der Waals surface area contributed by atoms with Crippen LogP contribution in [0.5, 0.6) is 0 Å². The van der Waals surface area contributed by atoms with E-state index in [2.05, 4.69) is 9.97 Å². The number of hydrogen-bond donors (Lipinski definition) is 0. The average molecular weight is 328 g/mol. The van der Waals surface area contributed by atoms with Gasteiger partial charge in [-0.25, -0.2) is 0 Å². The van der Waals surface area contributed by atoms with Gasteiger partial charge in [0.15, 0.2) is 0 Å². The van der Waals surface area contributed by atoms with Gasteiger partial charge in [0, 0.05) is 42.6 Å². The summed E-state index contributed by atoms with van der Waals surface area (Å²) in [6.45, 7) is 1.54. The minimum absolute atomic E-state index is 0.256. The summed E-state index contributed by atoms with van der Waals surface area (Å²) >= 11 is 5.97. The summed E-state index contributed by atoms with van der Waals surface area (Å²) in [5, 5.41) is 0.709. The minimum atomic E-state index is -0.318. The molecule has 1 aromatic heterocycles. The van der Waals surface area contributed by atoms with Crippen LogP contribution in [-0.2, 0) is 10.2 Å². The molecule has 1 unspecified atom stereocenters. The predicted molar refractivity (Wildman–Crippen MR) is 88.3 cm³/mol. The van der Waals surface area contributed by atoms with E-state index in [0.717, 1.165) is 43.6 Å².